The Kier molecular flexibility index (Phi) is 4.17. The molecule has 0 radical (unpaired) electrons. The zero-order valence-electron chi connectivity index (χ0n) is 7.68. The zero-order chi connectivity index (χ0) is 10.7. The SMILES string of the molecule is COc1ccc(C(Cl)Cl)c(Cl)c1OC. The lowest BCUT2D eigenvalue weighted by molar-refractivity contribution is 0.355. The highest BCUT2D eigenvalue weighted by Crippen LogP contribution is 2.42. The van der Waals surface area contributed by atoms with Crippen molar-refractivity contribution in [1.29, 1.82) is 0 Å². The smallest absolute Gasteiger partial charge is 0.179 e. The lowest BCUT2D eigenvalue weighted by Crippen LogP contribution is -1.94. The molecule has 2 nitrogen and oxygen atoms in total. The molecule has 1 aromatic rings. The van der Waals surface area contributed by atoms with Crippen molar-refractivity contribution in [2.24, 2.45) is 0 Å². The van der Waals surface area contributed by atoms with Crippen LogP contribution in [-0.4, -0.2) is 14.2 Å². The average Bonchev–Trinajstić information content (AvgIpc) is 2.16. The highest BCUT2D eigenvalue weighted by atomic mass is 35.5. The van der Waals surface area contributed by atoms with E-state index in [4.69, 9.17) is 44.3 Å². The molecule has 0 fully saturated rings. The lowest BCUT2D eigenvalue weighted by Gasteiger charge is -2.12. The second-order valence-corrected chi connectivity index (χ2v) is 3.98. The summed E-state index contributed by atoms with van der Waals surface area (Å²) in [5, 5.41) is 0.377. The van der Waals surface area contributed by atoms with Crippen molar-refractivity contribution in [1.82, 2.24) is 0 Å². The van der Waals surface area contributed by atoms with Gasteiger partial charge in [-0.25, -0.2) is 0 Å². The van der Waals surface area contributed by atoms with Crippen LogP contribution in [0.2, 0.25) is 5.02 Å². The standard InChI is InChI=1S/C9H9Cl3O2/c1-13-6-4-3-5(9(11)12)7(10)8(6)14-2/h3-4,9H,1-2H3. The third kappa shape index (κ3) is 2.19. The Labute approximate surface area is 97.7 Å². The van der Waals surface area contributed by atoms with Crippen LogP contribution in [0.5, 0.6) is 11.5 Å². The molecule has 0 spiro atoms. The van der Waals surface area contributed by atoms with E-state index in [9.17, 15) is 0 Å². The van der Waals surface area contributed by atoms with E-state index in [0.717, 1.165) is 0 Å². The molecule has 0 aliphatic carbocycles. The first-order chi connectivity index (χ1) is 6.61. The number of alkyl halides is 2. The van der Waals surface area contributed by atoms with Gasteiger partial charge in [0, 0.05) is 5.56 Å². The molecule has 0 heterocycles. The van der Waals surface area contributed by atoms with E-state index in [-0.39, 0.29) is 0 Å². The van der Waals surface area contributed by atoms with E-state index >= 15 is 0 Å². The fourth-order valence-corrected chi connectivity index (χ4v) is 1.89. The van der Waals surface area contributed by atoms with Gasteiger partial charge in [-0.15, -0.1) is 23.2 Å². The molecule has 0 N–H and O–H groups in total. The van der Waals surface area contributed by atoms with Crippen molar-refractivity contribution in [3.8, 4) is 11.5 Å². The second-order valence-electron chi connectivity index (χ2n) is 2.50. The van der Waals surface area contributed by atoms with Crippen molar-refractivity contribution in [2.75, 3.05) is 14.2 Å². The first-order valence-electron chi connectivity index (χ1n) is 3.80. The summed E-state index contributed by atoms with van der Waals surface area (Å²) in [6.45, 7) is 0. The van der Waals surface area contributed by atoms with E-state index in [0.29, 0.717) is 22.1 Å². The van der Waals surface area contributed by atoms with E-state index in [1.54, 1.807) is 12.1 Å². The van der Waals surface area contributed by atoms with E-state index in [2.05, 4.69) is 0 Å². The Morgan fingerprint density at radius 1 is 1.14 bits per heavy atom. The lowest BCUT2D eigenvalue weighted by atomic mass is 10.2. The third-order valence-electron chi connectivity index (χ3n) is 1.75. The number of rotatable bonds is 3. The minimum Gasteiger partial charge on any atom is -0.493 e. The van der Waals surface area contributed by atoms with Gasteiger partial charge < -0.3 is 9.47 Å². The Balaban J connectivity index is 3.27. The zero-order valence-corrected chi connectivity index (χ0v) is 9.95. The molecule has 0 bridgehead atoms. The maximum absolute atomic E-state index is 6.01. The largest absolute Gasteiger partial charge is 0.493 e. The number of hydrogen-bond acceptors (Lipinski definition) is 2. The summed E-state index contributed by atoms with van der Waals surface area (Å²) in [4.78, 5) is -0.678. The van der Waals surface area contributed by atoms with Gasteiger partial charge in [-0.05, 0) is 6.07 Å². The molecule has 0 amide bonds. The summed E-state index contributed by atoms with van der Waals surface area (Å²) < 4.78 is 10.1. The van der Waals surface area contributed by atoms with Gasteiger partial charge in [-0.1, -0.05) is 17.7 Å². The van der Waals surface area contributed by atoms with Gasteiger partial charge in [0.25, 0.3) is 0 Å². The quantitative estimate of drug-likeness (QED) is 0.764. The Bertz CT molecular complexity index is 326. The van der Waals surface area contributed by atoms with Crippen LogP contribution in [0, 0.1) is 0 Å². The molecule has 0 aliphatic rings. The monoisotopic (exact) mass is 254 g/mol. The van der Waals surface area contributed by atoms with Gasteiger partial charge in [0.1, 0.15) is 4.84 Å². The van der Waals surface area contributed by atoms with Gasteiger partial charge in [0.15, 0.2) is 11.5 Å². The number of methoxy groups -OCH3 is 2. The van der Waals surface area contributed by atoms with E-state index in [1.807, 2.05) is 0 Å². The molecule has 0 aliphatic heterocycles. The molecule has 78 valence electrons. The molecule has 0 atom stereocenters. The van der Waals surface area contributed by atoms with E-state index in [1.165, 1.54) is 14.2 Å². The van der Waals surface area contributed by atoms with E-state index < -0.39 is 4.84 Å². The van der Waals surface area contributed by atoms with Crippen LogP contribution < -0.4 is 9.47 Å². The Morgan fingerprint density at radius 2 is 1.79 bits per heavy atom. The van der Waals surface area contributed by atoms with Crippen LogP contribution in [0.15, 0.2) is 12.1 Å². The molecule has 0 aromatic heterocycles. The molecule has 1 rings (SSSR count). The third-order valence-corrected chi connectivity index (χ3v) is 2.61. The van der Waals surface area contributed by atoms with Crippen molar-refractivity contribution < 1.29 is 9.47 Å². The predicted molar refractivity (Wildman–Crippen MR) is 59.0 cm³/mol. The van der Waals surface area contributed by atoms with Gasteiger partial charge >= 0.3 is 0 Å². The Morgan fingerprint density at radius 3 is 2.21 bits per heavy atom. The molecule has 5 heteroatoms. The number of benzene rings is 1. The van der Waals surface area contributed by atoms with Crippen LogP contribution >= 0.6 is 34.8 Å². The highest BCUT2D eigenvalue weighted by molar-refractivity contribution is 6.45. The summed E-state index contributed by atoms with van der Waals surface area (Å²) in [5.41, 5.74) is 0.604. The Hall–Kier alpha value is -0.310. The van der Waals surface area contributed by atoms with Crippen molar-refractivity contribution in [3.63, 3.8) is 0 Å². The van der Waals surface area contributed by atoms with Crippen LogP contribution in [0.1, 0.15) is 10.4 Å². The van der Waals surface area contributed by atoms with Gasteiger partial charge in [-0.2, -0.15) is 0 Å². The van der Waals surface area contributed by atoms with Crippen LogP contribution in [0.3, 0.4) is 0 Å². The van der Waals surface area contributed by atoms with Crippen LogP contribution in [0.4, 0.5) is 0 Å². The highest BCUT2D eigenvalue weighted by Gasteiger charge is 2.16. The fourth-order valence-electron chi connectivity index (χ4n) is 1.07. The maximum Gasteiger partial charge on any atom is 0.179 e. The van der Waals surface area contributed by atoms with Gasteiger partial charge in [-0.3, -0.25) is 0 Å². The van der Waals surface area contributed by atoms with Crippen LogP contribution in [-0.2, 0) is 0 Å². The van der Waals surface area contributed by atoms with Gasteiger partial charge in [0.05, 0.1) is 19.2 Å². The summed E-state index contributed by atoms with van der Waals surface area (Å²) in [6.07, 6.45) is 0. The molecule has 14 heavy (non-hydrogen) atoms. The minimum atomic E-state index is -0.678. The normalized spacial score (nSPS) is 10.4. The summed E-state index contributed by atoms with van der Waals surface area (Å²) in [6, 6.07) is 3.41. The second kappa shape index (κ2) is 4.96. The average molecular weight is 256 g/mol. The summed E-state index contributed by atoms with van der Waals surface area (Å²) >= 11 is 17.4. The van der Waals surface area contributed by atoms with Crippen molar-refractivity contribution >= 4 is 34.8 Å². The molecular weight excluding hydrogens is 246 g/mol. The molecule has 0 unspecified atom stereocenters. The van der Waals surface area contributed by atoms with Gasteiger partial charge in [0.2, 0.25) is 0 Å². The van der Waals surface area contributed by atoms with Crippen molar-refractivity contribution in [3.05, 3.63) is 22.7 Å². The molecule has 0 saturated carbocycles. The fraction of sp³-hybridized carbons (Fsp3) is 0.333. The molecular formula is C9H9Cl3O2. The maximum atomic E-state index is 6.01. The summed E-state index contributed by atoms with van der Waals surface area (Å²) in [5.74, 6) is 0.994. The minimum absolute atomic E-state index is 0.377. The first kappa shape index (κ1) is 11.8. The summed E-state index contributed by atoms with van der Waals surface area (Å²) in [7, 11) is 3.04. The predicted octanol–water partition coefficient (Wildman–Crippen LogP) is 3.83. The number of halogens is 3. The van der Waals surface area contributed by atoms with Crippen LogP contribution in [0.25, 0.3) is 0 Å². The molecule has 0 saturated heterocycles. The first-order valence-corrected chi connectivity index (χ1v) is 5.05. The topological polar surface area (TPSA) is 18.5 Å². The molecule has 1 aromatic carbocycles. The number of hydrogen-bond donors (Lipinski definition) is 0. The van der Waals surface area contributed by atoms with Crippen molar-refractivity contribution in [2.45, 2.75) is 4.84 Å². The number of ether oxygens (including phenoxy) is 2.